The van der Waals surface area contributed by atoms with Crippen LogP contribution in [0, 0.1) is 5.41 Å². The Morgan fingerprint density at radius 3 is 2.54 bits per heavy atom. The van der Waals surface area contributed by atoms with E-state index in [0.29, 0.717) is 23.4 Å². The molecule has 184 valence electrons. The first-order valence-electron chi connectivity index (χ1n) is 12.9. The highest BCUT2D eigenvalue weighted by molar-refractivity contribution is 5.77. The Hall–Kier alpha value is -3.06. The normalized spacial score (nSPS) is 21.5. The molecular formula is C28H37N7. The first kappa shape index (κ1) is 23.7. The lowest BCUT2D eigenvalue weighted by Crippen LogP contribution is -2.54. The molecule has 1 aliphatic carbocycles. The molecule has 3 aromatic rings. The Morgan fingerprint density at radius 2 is 1.83 bits per heavy atom. The van der Waals surface area contributed by atoms with Crippen LogP contribution in [0.5, 0.6) is 0 Å². The Balaban J connectivity index is 1.35. The van der Waals surface area contributed by atoms with E-state index in [1.165, 1.54) is 11.1 Å². The number of rotatable bonds is 7. The topological polar surface area (TPSA) is 78.9 Å². The summed E-state index contributed by atoms with van der Waals surface area (Å²) >= 11 is 0. The average molecular weight is 472 g/mol. The first-order chi connectivity index (χ1) is 16.8. The number of nitrogens with one attached hydrogen (secondary N) is 2. The Labute approximate surface area is 208 Å². The third-order valence-corrected chi connectivity index (χ3v) is 7.64. The number of piperazine rings is 1. The summed E-state index contributed by atoms with van der Waals surface area (Å²) in [6.07, 6.45) is 11.1. The maximum Gasteiger partial charge on any atom is 0.228 e. The van der Waals surface area contributed by atoms with Gasteiger partial charge in [-0.3, -0.25) is 4.98 Å². The number of pyridine rings is 2. The highest BCUT2D eigenvalue weighted by Gasteiger charge is 2.32. The molecule has 0 bridgehead atoms. The van der Waals surface area contributed by atoms with Crippen LogP contribution in [0.3, 0.4) is 0 Å². The molecule has 7 heteroatoms. The molecule has 35 heavy (non-hydrogen) atoms. The van der Waals surface area contributed by atoms with Crippen LogP contribution in [0.15, 0.2) is 43.0 Å². The van der Waals surface area contributed by atoms with Gasteiger partial charge >= 0.3 is 0 Å². The van der Waals surface area contributed by atoms with E-state index >= 15 is 0 Å². The summed E-state index contributed by atoms with van der Waals surface area (Å²) in [5.74, 6) is 1.59. The van der Waals surface area contributed by atoms with Crippen LogP contribution < -0.4 is 15.5 Å². The maximum absolute atomic E-state index is 4.99. The van der Waals surface area contributed by atoms with Gasteiger partial charge in [0, 0.05) is 55.2 Å². The molecule has 0 aromatic carbocycles. The van der Waals surface area contributed by atoms with Crippen molar-refractivity contribution in [3.63, 3.8) is 0 Å². The van der Waals surface area contributed by atoms with E-state index in [4.69, 9.17) is 4.98 Å². The largest absolute Gasteiger partial charge is 0.367 e. The van der Waals surface area contributed by atoms with Crippen molar-refractivity contribution >= 4 is 17.5 Å². The van der Waals surface area contributed by atoms with E-state index in [2.05, 4.69) is 77.2 Å². The van der Waals surface area contributed by atoms with Crippen molar-refractivity contribution in [2.24, 2.45) is 5.41 Å². The van der Waals surface area contributed by atoms with Crippen molar-refractivity contribution < 1.29 is 0 Å². The molecule has 2 N–H and O–H groups in total. The zero-order valence-electron chi connectivity index (χ0n) is 21.5. The third-order valence-electron chi connectivity index (χ3n) is 7.64. The second kappa shape index (κ2) is 9.53. The molecule has 3 unspecified atom stereocenters. The molecule has 1 aliphatic heterocycles. The number of hydrogen-bond acceptors (Lipinski definition) is 7. The van der Waals surface area contributed by atoms with Crippen LogP contribution >= 0.6 is 0 Å². The minimum Gasteiger partial charge on any atom is -0.367 e. The zero-order chi connectivity index (χ0) is 24.6. The molecule has 0 radical (unpaired) electrons. The summed E-state index contributed by atoms with van der Waals surface area (Å²) in [6.45, 7) is 13.4. The number of anilines is 3. The van der Waals surface area contributed by atoms with Gasteiger partial charge in [-0.15, -0.1) is 0 Å². The fourth-order valence-corrected chi connectivity index (χ4v) is 5.31. The summed E-state index contributed by atoms with van der Waals surface area (Å²) in [7, 11) is 0. The molecule has 0 amide bonds. The van der Waals surface area contributed by atoms with Crippen LogP contribution in [-0.2, 0) is 0 Å². The lowest BCUT2D eigenvalue weighted by molar-refractivity contribution is 0.306. The van der Waals surface area contributed by atoms with Gasteiger partial charge in [0.1, 0.15) is 5.82 Å². The second-order valence-electron chi connectivity index (χ2n) is 11.0. The minimum atomic E-state index is 0.245. The van der Waals surface area contributed by atoms with Crippen LogP contribution in [0.4, 0.5) is 17.5 Å². The minimum absolute atomic E-state index is 0.245. The Bertz CT molecular complexity index is 1160. The van der Waals surface area contributed by atoms with Gasteiger partial charge in [-0.25, -0.2) is 15.0 Å². The summed E-state index contributed by atoms with van der Waals surface area (Å²) in [6, 6.07) is 7.17. The number of fused-ring (bicyclic) bond motifs is 3. The molecule has 3 atom stereocenters. The predicted octanol–water partition coefficient (Wildman–Crippen LogP) is 5.53. The van der Waals surface area contributed by atoms with Crippen LogP contribution in [0.1, 0.15) is 71.1 Å². The number of hydrogen-bond donors (Lipinski definition) is 2. The summed E-state index contributed by atoms with van der Waals surface area (Å²) in [5.41, 5.74) is 6.15. The van der Waals surface area contributed by atoms with E-state index in [0.717, 1.165) is 55.1 Å². The molecule has 0 saturated carbocycles. The standard InChI is InChI=1S/C28H37N7/c1-6-28(4,5)11-9-22-23-14-29-12-10-21(23)24-15-31-27(34-26(22)24)33-25-8-7-20(13-30-25)35-16-18(2)32-19(3)17-35/h7-8,10,12-15,18-19,22,32H,6,9,11,16-17H2,1-5H3,(H,30,31,33,34). The van der Waals surface area contributed by atoms with Crippen molar-refractivity contribution in [3.8, 4) is 11.1 Å². The van der Waals surface area contributed by atoms with Crippen LogP contribution in [-0.4, -0.2) is 45.1 Å². The SMILES string of the molecule is CCC(C)(C)CCC1c2cnccc2-c2cnc(Nc3ccc(N4CC(C)NC(C)C4)cn3)nc21. The lowest BCUT2D eigenvalue weighted by atomic mass is 9.81. The number of aromatic nitrogens is 4. The van der Waals surface area contributed by atoms with Crippen molar-refractivity contribution in [1.29, 1.82) is 0 Å². The Kier molecular flexibility index (Phi) is 6.45. The molecule has 3 aromatic heterocycles. The first-order valence-corrected chi connectivity index (χ1v) is 12.9. The van der Waals surface area contributed by atoms with Crippen molar-refractivity contribution in [1.82, 2.24) is 25.3 Å². The average Bonchev–Trinajstić information content (AvgIpc) is 3.15. The fourth-order valence-electron chi connectivity index (χ4n) is 5.31. The smallest absolute Gasteiger partial charge is 0.228 e. The summed E-state index contributed by atoms with van der Waals surface area (Å²) in [5, 5.41) is 6.91. The van der Waals surface area contributed by atoms with Gasteiger partial charge in [-0.1, -0.05) is 27.2 Å². The third kappa shape index (κ3) is 5.01. The fraction of sp³-hybridized carbons (Fsp3) is 0.500. The van der Waals surface area contributed by atoms with Crippen molar-refractivity contribution in [2.45, 2.75) is 71.9 Å². The van der Waals surface area contributed by atoms with E-state index in [-0.39, 0.29) is 5.92 Å². The molecule has 1 saturated heterocycles. The van der Waals surface area contributed by atoms with Gasteiger partial charge in [-0.2, -0.15) is 0 Å². The number of nitrogens with zero attached hydrogens (tertiary/aromatic N) is 5. The molecule has 5 rings (SSSR count). The van der Waals surface area contributed by atoms with Gasteiger partial charge in [0.25, 0.3) is 0 Å². The molecule has 4 heterocycles. The van der Waals surface area contributed by atoms with Crippen LogP contribution in [0.2, 0.25) is 0 Å². The van der Waals surface area contributed by atoms with Gasteiger partial charge in [0.05, 0.1) is 17.6 Å². The van der Waals surface area contributed by atoms with Gasteiger partial charge in [-0.05, 0) is 61.4 Å². The molecular weight excluding hydrogens is 434 g/mol. The van der Waals surface area contributed by atoms with E-state index in [1.807, 2.05) is 30.9 Å². The van der Waals surface area contributed by atoms with Crippen molar-refractivity contribution in [2.75, 3.05) is 23.3 Å². The molecule has 2 aliphatic rings. The quantitative estimate of drug-likeness (QED) is 0.469. The highest BCUT2D eigenvalue weighted by Crippen LogP contribution is 2.47. The van der Waals surface area contributed by atoms with E-state index in [1.54, 1.807) is 0 Å². The van der Waals surface area contributed by atoms with Gasteiger partial charge in [0.2, 0.25) is 5.95 Å². The predicted molar refractivity (Wildman–Crippen MR) is 142 cm³/mol. The monoisotopic (exact) mass is 471 g/mol. The highest BCUT2D eigenvalue weighted by atomic mass is 15.2. The Morgan fingerprint density at radius 1 is 1.03 bits per heavy atom. The summed E-state index contributed by atoms with van der Waals surface area (Å²) < 4.78 is 0. The van der Waals surface area contributed by atoms with E-state index in [9.17, 15) is 0 Å². The van der Waals surface area contributed by atoms with Gasteiger partial charge < -0.3 is 15.5 Å². The molecule has 7 nitrogen and oxygen atoms in total. The second-order valence-corrected chi connectivity index (χ2v) is 11.0. The lowest BCUT2D eigenvalue weighted by Gasteiger charge is -2.37. The van der Waals surface area contributed by atoms with Gasteiger partial charge in [0.15, 0.2) is 0 Å². The van der Waals surface area contributed by atoms with E-state index < -0.39 is 0 Å². The molecule has 0 spiro atoms. The van der Waals surface area contributed by atoms with Crippen LogP contribution in [0.25, 0.3) is 11.1 Å². The summed E-state index contributed by atoms with van der Waals surface area (Å²) in [4.78, 5) is 21.1. The molecule has 1 fully saturated rings. The van der Waals surface area contributed by atoms with Crippen molar-refractivity contribution in [3.05, 3.63) is 54.2 Å². The zero-order valence-corrected chi connectivity index (χ0v) is 21.5. The maximum atomic E-state index is 4.99.